The van der Waals surface area contributed by atoms with Gasteiger partial charge in [-0.1, -0.05) is 0 Å². The molecule has 2 aromatic rings. The monoisotopic (exact) mass is 264 g/mol. The van der Waals surface area contributed by atoms with E-state index in [1.165, 1.54) is 6.20 Å². The van der Waals surface area contributed by atoms with Crippen LogP contribution in [0.3, 0.4) is 0 Å². The lowest BCUT2D eigenvalue weighted by atomic mass is 10.1. The van der Waals surface area contributed by atoms with Gasteiger partial charge in [0.05, 0.1) is 11.9 Å². The number of nitrogens with one attached hydrogen (secondary N) is 1. The number of nitrogens with zero attached hydrogens (tertiary/aromatic N) is 1. The Labute approximate surface area is 107 Å². The third-order valence-electron chi connectivity index (χ3n) is 3.41. The smallest absolute Gasteiger partial charge is 0.317 e. The Morgan fingerprint density at radius 3 is 2.74 bits per heavy atom. The average molecular weight is 264 g/mol. The normalized spacial score (nSPS) is 16.3. The highest BCUT2D eigenvalue weighted by Gasteiger charge is 2.54. The maximum absolute atomic E-state index is 13.6. The van der Waals surface area contributed by atoms with Gasteiger partial charge in [-0.05, 0) is 31.0 Å². The van der Waals surface area contributed by atoms with E-state index in [2.05, 4.69) is 9.97 Å². The van der Waals surface area contributed by atoms with Crippen molar-refractivity contribution in [1.82, 2.24) is 9.97 Å². The van der Waals surface area contributed by atoms with E-state index >= 15 is 0 Å². The third-order valence-corrected chi connectivity index (χ3v) is 3.41. The molecule has 0 unspecified atom stereocenters. The van der Waals surface area contributed by atoms with E-state index in [9.17, 15) is 13.6 Å². The summed E-state index contributed by atoms with van der Waals surface area (Å²) >= 11 is 0. The SMILES string of the molecule is O=C(O)C1(c2ncc(-c3cc(F)ccc3F)[nH]2)CC1. The maximum atomic E-state index is 13.6. The van der Waals surface area contributed by atoms with Crippen molar-refractivity contribution in [2.75, 3.05) is 0 Å². The molecule has 6 heteroatoms. The fraction of sp³-hybridized carbons (Fsp3) is 0.231. The number of carboxylic acid groups (broad SMARTS) is 1. The molecule has 0 radical (unpaired) electrons. The number of rotatable bonds is 3. The number of imidazole rings is 1. The molecular formula is C13H10F2N2O2. The summed E-state index contributed by atoms with van der Waals surface area (Å²) < 4.78 is 26.7. The number of halogens is 2. The summed E-state index contributed by atoms with van der Waals surface area (Å²) in [4.78, 5) is 17.9. The average Bonchev–Trinajstić information content (AvgIpc) is 3.05. The number of H-pyrrole nitrogens is 1. The van der Waals surface area contributed by atoms with Crippen LogP contribution in [0.5, 0.6) is 0 Å². The number of carbonyl (C=O) groups is 1. The summed E-state index contributed by atoms with van der Waals surface area (Å²) in [6.07, 6.45) is 2.33. The van der Waals surface area contributed by atoms with Crippen molar-refractivity contribution < 1.29 is 18.7 Å². The molecule has 1 fully saturated rings. The van der Waals surface area contributed by atoms with E-state index in [1.807, 2.05) is 0 Å². The first kappa shape index (κ1) is 11.8. The van der Waals surface area contributed by atoms with Gasteiger partial charge in [0.2, 0.25) is 0 Å². The highest BCUT2D eigenvalue weighted by atomic mass is 19.1. The molecule has 2 N–H and O–H groups in total. The molecule has 0 saturated heterocycles. The van der Waals surface area contributed by atoms with Gasteiger partial charge in [-0.15, -0.1) is 0 Å². The number of hydrogen-bond donors (Lipinski definition) is 2. The number of aromatic amines is 1. The second kappa shape index (κ2) is 3.88. The quantitative estimate of drug-likeness (QED) is 0.895. The number of hydrogen-bond acceptors (Lipinski definition) is 2. The number of carboxylic acids is 1. The first-order chi connectivity index (χ1) is 9.03. The van der Waals surface area contributed by atoms with Crippen molar-refractivity contribution in [2.24, 2.45) is 0 Å². The lowest BCUT2D eigenvalue weighted by Gasteiger charge is -2.05. The first-order valence-electron chi connectivity index (χ1n) is 5.77. The number of aliphatic carboxylic acids is 1. The van der Waals surface area contributed by atoms with Gasteiger partial charge in [0, 0.05) is 5.56 Å². The van der Waals surface area contributed by atoms with Gasteiger partial charge < -0.3 is 10.1 Å². The second-order valence-corrected chi connectivity index (χ2v) is 4.66. The van der Waals surface area contributed by atoms with Gasteiger partial charge in [-0.3, -0.25) is 4.79 Å². The Hall–Kier alpha value is -2.24. The fourth-order valence-electron chi connectivity index (χ4n) is 2.08. The minimum absolute atomic E-state index is 0.0416. The van der Waals surface area contributed by atoms with Crippen LogP contribution >= 0.6 is 0 Å². The summed E-state index contributed by atoms with van der Waals surface area (Å²) in [6.45, 7) is 0. The molecule has 1 saturated carbocycles. The van der Waals surface area contributed by atoms with E-state index in [4.69, 9.17) is 5.11 Å². The lowest BCUT2D eigenvalue weighted by molar-refractivity contribution is -0.140. The van der Waals surface area contributed by atoms with Gasteiger partial charge in [0.25, 0.3) is 0 Å². The van der Waals surface area contributed by atoms with Crippen molar-refractivity contribution in [3.05, 3.63) is 41.9 Å². The molecule has 3 rings (SSSR count). The van der Waals surface area contributed by atoms with Crippen LogP contribution in [0, 0.1) is 11.6 Å². The van der Waals surface area contributed by atoms with Crippen LogP contribution in [0.15, 0.2) is 24.4 Å². The van der Waals surface area contributed by atoms with Gasteiger partial charge in [-0.25, -0.2) is 13.8 Å². The standard InChI is InChI=1S/C13H10F2N2O2/c14-7-1-2-9(15)8(5-7)10-6-16-11(17-10)13(3-4-13)12(18)19/h1-2,5-6H,3-4H2,(H,16,17)(H,18,19). The van der Waals surface area contributed by atoms with Crippen molar-refractivity contribution >= 4 is 5.97 Å². The first-order valence-corrected chi connectivity index (χ1v) is 5.77. The zero-order chi connectivity index (χ0) is 13.6. The van der Waals surface area contributed by atoms with Crippen LogP contribution in [-0.4, -0.2) is 21.0 Å². The topological polar surface area (TPSA) is 66.0 Å². The van der Waals surface area contributed by atoms with Gasteiger partial charge >= 0.3 is 5.97 Å². The van der Waals surface area contributed by atoms with Gasteiger partial charge in [0.15, 0.2) is 0 Å². The second-order valence-electron chi connectivity index (χ2n) is 4.66. The highest BCUT2D eigenvalue weighted by molar-refractivity contribution is 5.84. The molecule has 0 amide bonds. The molecule has 4 nitrogen and oxygen atoms in total. The zero-order valence-corrected chi connectivity index (χ0v) is 9.78. The van der Waals surface area contributed by atoms with E-state index in [-0.39, 0.29) is 11.3 Å². The van der Waals surface area contributed by atoms with Crippen LogP contribution in [-0.2, 0) is 10.2 Å². The molecule has 0 aliphatic heterocycles. The Morgan fingerprint density at radius 2 is 2.11 bits per heavy atom. The number of aromatic nitrogens is 2. The molecule has 1 heterocycles. The highest BCUT2D eigenvalue weighted by Crippen LogP contribution is 2.47. The third kappa shape index (κ3) is 1.80. The molecule has 1 aliphatic rings. The molecule has 0 spiro atoms. The van der Waals surface area contributed by atoms with Crippen molar-refractivity contribution in [3.63, 3.8) is 0 Å². The minimum atomic E-state index is -0.984. The van der Waals surface area contributed by atoms with Crippen LogP contribution in [0.2, 0.25) is 0 Å². The Balaban J connectivity index is 2.02. The largest absolute Gasteiger partial charge is 0.480 e. The summed E-state index contributed by atoms with van der Waals surface area (Å²) in [7, 11) is 0. The number of benzene rings is 1. The summed E-state index contributed by atoms with van der Waals surface area (Å²) in [6, 6.07) is 3.10. The van der Waals surface area contributed by atoms with E-state index in [0.29, 0.717) is 18.7 Å². The summed E-state index contributed by atoms with van der Waals surface area (Å²) in [5, 5.41) is 9.14. The Bertz CT molecular complexity index is 662. The van der Waals surface area contributed by atoms with Crippen molar-refractivity contribution in [3.8, 4) is 11.3 Å². The van der Waals surface area contributed by atoms with Gasteiger partial charge in [-0.2, -0.15) is 0 Å². The predicted octanol–water partition coefficient (Wildman–Crippen LogP) is 2.47. The predicted molar refractivity (Wildman–Crippen MR) is 62.5 cm³/mol. The van der Waals surface area contributed by atoms with Crippen LogP contribution < -0.4 is 0 Å². The van der Waals surface area contributed by atoms with Crippen molar-refractivity contribution in [1.29, 1.82) is 0 Å². The fourth-order valence-corrected chi connectivity index (χ4v) is 2.08. The molecular weight excluding hydrogens is 254 g/mol. The molecule has 1 aliphatic carbocycles. The van der Waals surface area contributed by atoms with E-state index < -0.39 is 23.0 Å². The summed E-state index contributed by atoms with van der Waals surface area (Å²) in [5.41, 5.74) is -0.665. The molecule has 98 valence electrons. The van der Waals surface area contributed by atoms with Crippen molar-refractivity contribution in [2.45, 2.75) is 18.3 Å². The van der Waals surface area contributed by atoms with E-state index in [0.717, 1.165) is 18.2 Å². The molecule has 1 aromatic carbocycles. The Kier molecular flexibility index (Phi) is 2.41. The van der Waals surface area contributed by atoms with Crippen LogP contribution in [0.1, 0.15) is 18.7 Å². The van der Waals surface area contributed by atoms with Crippen LogP contribution in [0.4, 0.5) is 8.78 Å². The maximum Gasteiger partial charge on any atom is 0.317 e. The minimum Gasteiger partial charge on any atom is -0.480 e. The van der Waals surface area contributed by atoms with Gasteiger partial charge in [0.1, 0.15) is 22.9 Å². The molecule has 0 bridgehead atoms. The molecule has 19 heavy (non-hydrogen) atoms. The lowest BCUT2D eigenvalue weighted by Crippen LogP contribution is -2.20. The molecule has 1 aromatic heterocycles. The zero-order valence-electron chi connectivity index (χ0n) is 9.78. The Morgan fingerprint density at radius 1 is 1.37 bits per heavy atom. The summed E-state index contributed by atoms with van der Waals surface area (Å²) in [5.74, 6) is -1.81. The van der Waals surface area contributed by atoms with Crippen LogP contribution in [0.25, 0.3) is 11.3 Å². The molecule has 0 atom stereocenters. The van der Waals surface area contributed by atoms with E-state index in [1.54, 1.807) is 0 Å².